The van der Waals surface area contributed by atoms with Crippen LogP contribution >= 0.6 is 0 Å². The van der Waals surface area contributed by atoms with Crippen molar-refractivity contribution in [2.75, 3.05) is 10.6 Å². The number of halogens is 3. The molecule has 1 fully saturated rings. The third-order valence-electron chi connectivity index (χ3n) is 4.29. The van der Waals surface area contributed by atoms with Crippen molar-refractivity contribution in [2.24, 2.45) is 0 Å². The summed E-state index contributed by atoms with van der Waals surface area (Å²) in [5, 5.41) is 6.09. The van der Waals surface area contributed by atoms with Gasteiger partial charge in [-0.3, -0.25) is 0 Å². The molecule has 0 spiro atoms. The molecule has 1 aromatic carbocycles. The van der Waals surface area contributed by atoms with Gasteiger partial charge in [-0.05, 0) is 31.9 Å². The molecule has 4 nitrogen and oxygen atoms in total. The van der Waals surface area contributed by atoms with E-state index in [0.29, 0.717) is 23.5 Å². The van der Waals surface area contributed by atoms with Gasteiger partial charge in [0.1, 0.15) is 5.82 Å². The topological polar surface area (TPSA) is 49.8 Å². The van der Waals surface area contributed by atoms with Gasteiger partial charge in [0, 0.05) is 17.8 Å². The van der Waals surface area contributed by atoms with Crippen LogP contribution in [0.4, 0.5) is 30.6 Å². The lowest BCUT2D eigenvalue weighted by molar-refractivity contribution is -0.136. The highest BCUT2D eigenvalue weighted by Gasteiger charge is 2.33. The minimum absolute atomic E-state index is 0.0169. The average molecular weight is 350 g/mol. The van der Waals surface area contributed by atoms with Crippen molar-refractivity contribution in [2.45, 2.75) is 51.2 Å². The number of aryl methyl sites for hydroxylation is 1. The van der Waals surface area contributed by atoms with Crippen molar-refractivity contribution in [1.82, 2.24) is 9.97 Å². The summed E-state index contributed by atoms with van der Waals surface area (Å²) in [5.41, 5.74) is -0.0370. The number of nitrogens with one attached hydrogen (secondary N) is 2. The summed E-state index contributed by atoms with van der Waals surface area (Å²) in [5.74, 6) is 0.807. The van der Waals surface area contributed by atoms with Gasteiger partial charge < -0.3 is 10.6 Å². The van der Waals surface area contributed by atoms with Gasteiger partial charge >= 0.3 is 6.18 Å². The van der Waals surface area contributed by atoms with Crippen LogP contribution in [0.3, 0.4) is 0 Å². The second-order valence-corrected chi connectivity index (χ2v) is 6.37. The summed E-state index contributed by atoms with van der Waals surface area (Å²) in [6, 6.07) is 7.35. The van der Waals surface area contributed by atoms with Gasteiger partial charge in [-0.1, -0.05) is 31.4 Å². The lowest BCUT2D eigenvalue weighted by Gasteiger charge is -2.23. The number of hydrogen-bond acceptors (Lipinski definition) is 4. The van der Waals surface area contributed by atoms with Crippen molar-refractivity contribution in [3.63, 3.8) is 0 Å². The highest BCUT2D eigenvalue weighted by molar-refractivity contribution is 5.62. The second kappa shape index (κ2) is 7.29. The van der Waals surface area contributed by atoms with E-state index in [0.717, 1.165) is 18.9 Å². The van der Waals surface area contributed by atoms with Crippen LogP contribution in [0.15, 0.2) is 30.3 Å². The number of para-hydroxylation sites is 1. The van der Waals surface area contributed by atoms with Crippen LogP contribution in [0.2, 0.25) is 0 Å². The molecule has 0 amide bonds. The van der Waals surface area contributed by atoms with E-state index in [9.17, 15) is 13.2 Å². The van der Waals surface area contributed by atoms with Gasteiger partial charge in [0.15, 0.2) is 0 Å². The molecule has 0 saturated heterocycles. The number of hydrogen-bond donors (Lipinski definition) is 2. The van der Waals surface area contributed by atoms with Gasteiger partial charge in [0.2, 0.25) is 5.95 Å². The molecule has 7 heteroatoms. The first-order chi connectivity index (χ1) is 11.9. The predicted molar refractivity (Wildman–Crippen MR) is 92.0 cm³/mol. The fourth-order valence-electron chi connectivity index (χ4n) is 3.10. The van der Waals surface area contributed by atoms with E-state index in [1.165, 1.54) is 31.4 Å². The molecule has 0 bridgehead atoms. The third-order valence-corrected chi connectivity index (χ3v) is 4.29. The van der Waals surface area contributed by atoms with Crippen LogP contribution in [0.1, 0.15) is 43.4 Å². The van der Waals surface area contributed by atoms with Gasteiger partial charge in [-0.25, -0.2) is 4.98 Å². The zero-order valence-corrected chi connectivity index (χ0v) is 14.0. The first-order valence-electron chi connectivity index (χ1n) is 8.47. The highest BCUT2D eigenvalue weighted by Crippen LogP contribution is 2.35. The summed E-state index contributed by atoms with van der Waals surface area (Å²) < 4.78 is 39.4. The van der Waals surface area contributed by atoms with Crippen LogP contribution in [0.5, 0.6) is 0 Å². The van der Waals surface area contributed by atoms with E-state index >= 15 is 0 Å². The summed E-state index contributed by atoms with van der Waals surface area (Å²) in [6.07, 6.45) is 1.30. The van der Waals surface area contributed by atoms with Gasteiger partial charge in [-0.15, -0.1) is 0 Å². The van der Waals surface area contributed by atoms with Gasteiger partial charge in [-0.2, -0.15) is 18.2 Å². The van der Waals surface area contributed by atoms with Crippen LogP contribution in [-0.2, 0) is 6.18 Å². The average Bonchev–Trinajstić information content (AvgIpc) is 2.55. The van der Waals surface area contributed by atoms with Gasteiger partial charge in [0.25, 0.3) is 0 Å². The zero-order valence-electron chi connectivity index (χ0n) is 14.0. The summed E-state index contributed by atoms with van der Waals surface area (Å²) in [6.45, 7) is 1.80. The monoisotopic (exact) mass is 350 g/mol. The third kappa shape index (κ3) is 4.61. The molecule has 1 aliphatic carbocycles. The van der Waals surface area contributed by atoms with Crippen LogP contribution < -0.4 is 10.6 Å². The lowest BCUT2D eigenvalue weighted by atomic mass is 9.96. The maximum absolute atomic E-state index is 13.1. The van der Waals surface area contributed by atoms with Crippen LogP contribution in [-0.4, -0.2) is 16.0 Å². The van der Waals surface area contributed by atoms with Crippen molar-refractivity contribution < 1.29 is 13.2 Å². The van der Waals surface area contributed by atoms with Gasteiger partial charge in [0.05, 0.1) is 11.3 Å². The predicted octanol–water partition coefficient (Wildman–Crippen LogP) is 5.29. The first kappa shape index (κ1) is 17.5. The first-order valence-corrected chi connectivity index (χ1v) is 8.47. The van der Waals surface area contributed by atoms with Crippen molar-refractivity contribution >= 4 is 17.5 Å². The number of rotatable bonds is 4. The molecule has 3 rings (SSSR count). The largest absolute Gasteiger partial charge is 0.418 e. The maximum Gasteiger partial charge on any atom is 0.418 e. The molecule has 1 heterocycles. The summed E-state index contributed by atoms with van der Waals surface area (Å²) >= 11 is 0. The van der Waals surface area contributed by atoms with E-state index in [2.05, 4.69) is 20.6 Å². The normalized spacial score (nSPS) is 15.8. The molecule has 0 atom stereocenters. The van der Waals surface area contributed by atoms with Crippen LogP contribution in [0, 0.1) is 6.92 Å². The molecule has 1 saturated carbocycles. The molecule has 134 valence electrons. The van der Waals surface area contributed by atoms with Crippen molar-refractivity contribution in [3.05, 3.63) is 41.6 Å². The molecule has 1 aliphatic rings. The lowest BCUT2D eigenvalue weighted by Crippen LogP contribution is -2.23. The summed E-state index contributed by atoms with van der Waals surface area (Å²) in [7, 11) is 0. The Morgan fingerprint density at radius 2 is 1.76 bits per heavy atom. The minimum Gasteiger partial charge on any atom is -0.351 e. The quantitative estimate of drug-likeness (QED) is 0.786. The number of anilines is 3. The SMILES string of the molecule is Cc1cc(Nc2ccccc2C(F)(F)F)nc(NC2CCCCC2)n1. The zero-order chi connectivity index (χ0) is 17.9. The Morgan fingerprint density at radius 1 is 1.04 bits per heavy atom. The minimum atomic E-state index is -4.42. The molecule has 2 N–H and O–H groups in total. The fraction of sp³-hybridized carbons (Fsp3) is 0.444. The van der Waals surface area contributed by atoms with E-state index in [1.54, 1.807) is 19.1 Å². The molecule has 0 aliphatic heterocycles. The maximum atomic E-state index is 13.1. The molecule has 2 aromatic rings. The Morgan fingerprint density at radius 3 is 2.48 bits per heavy atom. The Kier molecular flexibility index (Phi) is 5.11. The van der Waals surface area contributed by atoms with Crippen molar-refractivity contribution in [1.29, 1.82) is 0 Å². The van der Waals surface area contributed by atoms with Crippen LogP contribution in [0.25, 0.3) is 0 Å². The Hall–Kier alpha value is -2.31. The fourth-order valence-corrected chi connectivity index (χ4v) is 3.10. The molecular formula is C18H21F3N4. The molecule has 1 aromatic heterocycles. The number of benzene rings is 1. The smallest absolute Gasteiger partial charge is 0.351 e. The van der Waals surface area contributed by atoms with Crippen molar-refractivity contribution in [3.8, 4) is 0 Å². The molecular weight excluding hydrogens is 329 g/mol. The Balaban J connectivity index is 1.81. The van der Waals surface area contributed by atoms with E-state index in [1.807, 2.05) is 0 Å². The molecule has 25 heavy (non-hydrogen) atoms. The highest BCUT2D eigenvalue weighted by atomic mass is 19.4. The number of aromatic nitrogens is 2. The second-order valence-electron chi connectivity index (χ2n) is 6.37. The molecule has 0 unspecified atom stereocenters. The Labute approximate surface area is 144 Å². The standard InChI is InChI=1S/C18H21F3N4/c1-12-11-16(24-15-10-6-5-9-14(15)18(19,20)21)25-17(22-12)23-13-7-3-2-4-8-13/h5-6,9-11,13H,2-4,7-8H2,1H3,(H2,22,23,24,25). The van der Waals surface area contributed by atoms with E-state index < -0.39 is 11.7 Å². The summed E-state index contributed by atoms with van der Waals surface area (Å²) in [4.78, 5) is 8.70. The Bertz CT molecular complexity index is 725. The van der Waals surface area contributed by atoms with E-state index in [-0.39, 0.29) is 5.69 Å². The molecule has 0 radical (unpaired) electrons. The number of alkyl halides is 3. The van der Waals surface area contributed by atoms with E-state index in [4.69, 9.17) is 0 Å². The number of nitrogens with zero attached hydrogens (tertiary/aromatic N) is 2.